The lowest BCUT2D eigenvalue weighted by molar-refractivity contribution is 0.0747. The molecule has 3 aromatic rings. The van der Waals surface area contributed by atoms with Gasteiger partial charge < -0.3 is 9.80 Å². The van der Waals surface area contributed by atoms with E-state index in [9.17, 15) is 4.79 Å². The minimum Gasteiger partial charge on any atom is -0.368 e. The predicted molar refractivity (Wildman–Crippen MR) is 110 cm³/mol. The van der Waals surface area contributed by atoms with E-state index in [-0.39, 0.29) is 5.91 Å². The molecule has 2 aromatic heterocycles. The molecule has 6 heteroatoms. The average molecular weight is 375 g/mol. The second-order valence-corrected chi connectivity index (χ2v) is 7.08. The smallest absolute Gasteiger partial charge is 0.253 e. The van der Waals surface area contributed by atoms with Crippen molar-refractivity contribution in [3.63, 3.8) is 0 Å². The lowest BCUT2D eigenvalue weighted by Crippen LogP contribution is -2.48. The second kappa shape index (κ2) is 7.84. The number of piperazine rings is 1. The third-order valence-electron chi connectivity index (χ3n) is 5.26. The molecule has 1 aliphatic rings. The number of hydrogen-bond acceptors (Lipinski definition) is 4. The topological polar surface area (TPSA) is 54.3 Å². The van der Waals surface area contributed by atoms with Crippen LogP contribution >= 0.6 is 0 Å². The van der Waals surface area contributed by atoms with Crippen LogP contribution in [0.4, 0.5) is 5.69 Å². The van der Waals surface area contributed by atoms with Crippen molar-refractivity contribution in [1.82, 2.24) is 19.7 Å². The predicted octanol–water partition coefficient (Wildman–Crippen LogP) is 3.01. The summed E-state index contributed by atoms with van der Waals surface area (Å²) in [4.78, 5) is 21.4. The summed E-state index contributed by atoms with van der Waals surface area (Å²) < 4.78 is 1.83. The van der Waals surface area contributed by atoms with Crippen molar-refractivity contribution in [2.24, 2.45) is 7.05 Å². The summed E-state index contributed by atoms with van der Waals surface area (Å²) >= 11 is 0. The van der Waals surface area contributed by atoms with E-state index in [0.717, 1.165) is 60.7 Å². The number of anilines is 1. The van der Waals surface area contributed by atoms with Crippen LogP contribution in [0.3, 0.4) is 0 Å². The number of carbonyl (C=O) groups excluding carboxylic acids is 1. The van der Waals surface area contributed by atoms with E-state index in [2.05, 4.69) is 21.9 Å². The number of carbonyl (C=O) groups is 1. The molecular formula is C22H25N5O. The van der Waals surface area contributed by atoms with E-state index >= 15 is 0 Å². The normalized spacial score (nSPS) is 14.4. The molecule has 1 aromatic carbocycles. The Morgan fingerprint density at radius 1 is 1.07 bits per heavy atom. The minimum absolute atomic E-state index is 0.0955. The van der Waals surface area contributed by atoms with Gasteiger partial charge in [0.2, 0.25) is 0 Å². The van der Waals surface area contributed by atoms with Crippen molar-refractivity contribution in [2.75, 3.05) is 31.1 Å². The molecule has 0 spiro atoms. The van der Waals surface area contributed by atoms with Gasteiger partial charge in [0.05, 0.1) is 5.69 Å². The van der Waals surface area contributed by atoms with E-state index in [1.165, 1.54) is 0 Å². The molecule has 6 nitrogen and oxygen atoms in total. The summed E-state index contributed by atoms with van der Waals surface area (Å²) in [5, 5.41) is 4.52. The van der Waals surface area contributed by atoms with Crippen LogP contribution in [0.25, 0.3) is 11.1 Å². The van der Waals surface area contributed by atoms with Crippen molar-refractivity contribution in [2.45, 2.75) is 13.3 Å². The summed E-state index contributed by atoms with van der Waals surface area (Å²) in [7, 11) is 1.93. The van der Waals surface area contributed by atoms with Gasteiger partial charge in [0.15, 0.2) is 0 Å². The monoisotopic (exact) mass is 375 g/mol. The molecule has 0 saturated carbocycles. The Balaban J connectivity index is 1.49. The molecule has 1 amide bonds. The zero-order valence-electron chi connectivity index (χ0n) is 16.4. The summed E-state index contributed by atoms with van der Waals surface area (Å²) in [6.07, 6.45) is 6.50. The number of nitrogens with zero attached hydrogens (tertiary/aromatic N) is 5. The number of aromatic nitrogens is 3. The lowest BCUT2D eigenvalue weighted by atomic mass is 10.0. The fraction of sp³-hybridized carbons (Fsp3) is 0.318. The number of pyridine rings is 1. The van der Waals surface area contributed by atoms with E-state index in [1.807, 2.05) is 59.2 Å². The van der Waals surface area contributed by atoms with Gasteiger partial charge in [-0.3, -0.25) is 14.5 Å². The number of amides is 1. The van der Waals surface area contributed by atoms with Crippen molar-refractivity contribution in [3.8, 4) is 11.1 Å². The Kier molecular flexibility index (Phi) is 5.10. The minimum atomic E-state index is 0.0955. The summed E-state index contributed by atoms with van der Waals surface area (Å²) in [5.41, 5.74) is 5.10. The summed E-state index contributed by atoms with van der Waals surface area (Å²) in [6, 6.07) is 11.9. The van der Waals surface area contributed by atoms with E-state index in [0.29, 0.717) is 0 Å². The van der Waals surface area contributed by atoms with Crippen LogP contribution in [0, 0.1) is 0 Å². The quantitative estimate of drug-likeness (QED) is 0.703. The number of hydrogen-bond donors (Lipinski definition) is 0. The van der Waals surface area contributed by atoms with Gasteiger partial charge in [-0.1, -0.05) is 19.1 Å². The van der Waals surface area contributed by atoms with Crippen LogP contribution in [-0.2, 0) is 13.5 Å². The highest BCUT2D eigenvalue weighted by Gasteiger charge is 2.23. The Bertz CT molecular complexity index is 958. The third-order valence-corrected chi connectivity index (χ3v) is 5.26. The van der Waals surface area contributed by atoms with Crippen molar-refractivity contribution in [1.29, 1.82) is 0 Å². The maximum atomic E-state index is 13.1. The molecule has 28 heavy (non-hydrogen) atoms. The number of aryl methyl sites for hydroxylation is 2. The molecule has 4 rings (SSSR count). The molecule has 0 bridgehead atoms. The molecule has 144 valence electrons. The first-order chi connectivity index (χ1) is 13.7. The van der Waals surface area contributed by atoms with E-state index < -0.39 is 0 Å². The molecule has 1 saturated heterocycles. The molecule has 0 aliphatic carbocycles. The van der Waals surface area contributed by atoms with Crippen molar-refractivity contribution >= 4 is 11.6 Å². The fourth-order valence-electron chi connectivity index (χ4n) is 3.76. The first kappa shape index (κ1) is 18.2. The summed E-state index contributed by atoms with van der Waals surface area (Å²) in [6.45, 7) is 5.20. The second-order valence-electron chi connectivity index (χ2n) is 7.08. The highest BCUT2D eigenvalue weighted by atomic mass is 16.2. The average Bonchev–Trinajstić information content (AvgIpc) is 3.15. The van der Waals surface area contributed by atoms with Crippen LogP contribution in [0.5, 0.6) is 0 Å². The largest absolute Gasteiger partial charge is 0.368 e. The maximum Gasteiger partial charge on any atom is 0.253 e. The molecule has 1 aliphatic heterocycles. The Hall–Kier alpha value is -3.15. The first-order valence-electron chi connectivity index (χ1n) is 9.73. The maximum absolute atomic E-state index is 13.1. The van der Waals surface area contributed by atoms with Crippen LogP contribution in [0.2, 0.25) is 0 Å². The van der Waals surface area contributed by atoms with Gasteiger partial charge in [0.1, 0.15) is 0 Å². The summed E-state index contributed by atoms with van der Waals surface area (Å²) in [5.74, 6) is 0.0955. The molecular weight excluding hydrogens is 350 g/mol. The van der Waals surface area contributed by atoms with Gasteiger partial charge in [-0.2, -0.15) is 5.10 Å². The van der Waals surface area contributed by atoms with Crippen molar-refractivity contribution < 1.29 is 4.79 Å². The lowest BCUT2D eigenvalue weighted by Gasteiger charge is -2.36. The first-order valence-corrected chi connectivity index (χ1v) is 9.73. The number of rotatable bonds is 4. The van der Waals surface area contributed by atoms with Gasteiger partial charge in [0, 0.05) is 68.6 Å². The number of benzene rings is 1. The van der Waals surface area contributed by atoms with Crippen LogP contribution < -0.4 is 4.90 Å². The van der Waals surface area contributed by atoms with Crippen LogP contribution in [-0.4, -0.2) is 51.8 Å². The Morgan fingerprint density at radius 3 is 2.54 bits per heavy atom. The zero-order chi connectivity index (χ0) is 19.5. The van der Waals surface area contributed by atoms with Crippen LogP contribution in [0.1, 0.15) is 23.0 Å². The molecule has 0 unspecified atom stereocenters. The Morgan fingerprint density at radius 2 is 1.82 bits per heavy atom. The van der Waals surface area contributed by atoms with Crippen LogP contribution in [0.15, 0.2) is 55.0 Å². The van der Waals surface area contributed by atoms with E-state index in [4.69, 9.17) is 0 Å². The molecule has 0 atom stereocenters. The molecule has 0 radical (unpaired) electrons. The highest BCUT2D eigenvalue weighted by molar-refractivity contribution is 5.95. The van der Waals surface area contributed by atoms with Crippen molar-refractivity contribution in [3.05, 3.63) is 66.2 Å². The van der Waals surface area contributed by atoms with Gasteiger partial charge in [-0.25, -0.2) is 0 Å². The highest BCUT2D eigenvalue weighted by Crippen LogP contribution is 2.25. The van der Waals surface area contributed by atoms with Gasteiger partial charge in [-0.15, -0.1) is 0 Å². The zero-order valence-corrected chi connectivity index (χ0v) is 16.4. The molecule has 1 fully saturated rings. The molecule has 0 N–H and O–H groups in total. The Labute approximate surface area is 165 Å². The SMILES string of the molecule is CCc1nn(C)cc1-c1cccc(C(=O)N2CCN(c3ccncc3)CC2)c1. The fourth-order valence-corrected chi connectivity index (χ4v) is 3.76. The van der Waals surface area contributed by atoms with Gasteiger partial charge in [0.25, 0.3) is 5.91 Å². The van der Waals surface area contributed by atoms with E-state index in [1.54, 1.807) is 12.4 Å². The standard InChI is InChI=1S/C22H25N5O/c1-3-21-20(16-25(2)24-21)17-5-4-6-18(15-17)22(28)27-13-11-26(12-14-27)19-7-9-23-10-8-19/h4-10,15-16H,3,11-14H2,1-2H3. The van der Waals surface area contributed by atoms with Gasteiger partial charge in [-0.05, 0) is 36.2 Å². The molecule has 3 heterocycles. The van der Waals surface area contributed by atoms with Gasteiger partial charge >= 0.3 is 0 Å². The third kappa shape index (κ3) is 3.63.